The van der Waals surface area contributed by atoms with Gasteiger partial charge in [-0.25, -0.2) is 9.59 Å². The van der Waals surface area contributed by atoms with E-state index >= 15 is 0 Å². The molecule has 2 unspecified atom stereocenters. The van der Waals surface area contributed by atoms with Gasteiger partial charge in [-0.05, 0) is 73.2 Å². The van der Waals surface area contributed by atoms with E-state index in [1.165, 1.54) is 21.6 Å². The summed E-state index contributed by atoms with van der Waals surface area (Å²) in [5, 5.41) is 32.2. The smallest absolute Gasteiger partial charge is 0.326 e. The van der Waals surface area contributed by atoms with Crippen molar-refractivity contribution in [3.05, 3.63) is 71.0 Å². The molecule has 0 aliphatic carbocycles. The van der Waals surface area contributed by atoms with Crippen LogP contribution >= 0.6 is 21.6 Å². The zero-order valence-electron chi connectivity index (χ0n) is 31.2. The Balaban J connectivity index is 1.11. The van der Waals surface area contributed by atoms with Gasteiger partial charge < -0.3 is 50.9 Å². The number of carboxylic acids is 2. The maximum Gasteiger partial charge on any atom is 0.326 e. The predicted molar refractivity (Wildman–Crippen MR) is 214 cm³/mol. The first-order valence-corrected chi connectivity index (χ1v) is 20.6. The molecule has 0 saturated heterocycles. The number of H-pyrrole nitrogens is 2. The molecule has 2 amide bonds. The summed E-state index contributed by atoms with van der Waals surface area (Å²) in [6, 6.07) is 9.18. The molecule has 56 heavy (non-hydrogen) atoms. The molecule has 0 aliphatic heterocycles. The normalized spacial score (nSPS) is 12.2. The molecule has 2 aromatic carbocycles. The first kappa shape index (κ1) is 43.7. The Morgan fingerprint density at radius 1 is 0.661 bits per heavy atom. The third-order valence-electron chi connectivity index (χ3n) is 8.50. The standard InChI is InChI=1S/C38H48N6O10S2/c1-3-53-35(47)15-25-19-41-29-7-5-23(13-27(25)29)17-39-21-33(45)43-31(37(49)50)9-11-55-56-12-10-32(38(51)52)44-34(46)22-40-18-24-6-8-30-28(14-24)26(20-42-30)16-36(48)54-4-2/h5-8,13-14,19-20,31-32,39-42H,3-4,9-12,15-18,21-22H2,1-2H3,(H,43,45)(H,44,46)(H,49,50)(H,51,52). The fourth-order valence-electron chi connectivity index (χ4n) is 5.79. The lowest BCUT2D eigenvalue weighted by Crippen LogP contribution is -2.44. The van der Waals surface area contributed by atoms with Crippen LogP contribution in [0.3, 0.4) is 0 Å². The van der Waals surface area contributed by atoms with Crippen molar-refractivity contribution < 1.29 is 48.5 Å². The van der Waals surface area contributed by atoms with Gasteiger partial charge in [-0.1, -0.05) is 33.7 Å². The van der Waals surface area contributed by atoms with Gasteiger partial charge in [0, 0.05) is 58.8 Å². The molecule has 2 atom stereocenters. The van der Waals surface area contributed by atoms with Crippen molar-refractivity contribution in [3.63, 3.8) is 0 Å². The number of rotatable bonds is 25. The number of hydrogen-bond acceptors (Lipinski definition) is 12. The van der Waals surface area contributed by atoms with Gasteiger partial charge in [0.25, 0.3) is 0 Å². The topological polar surface area (TPSA) is 241 Å². The Morgan fingerprint density at radius 3 is 1.45 bits per heavy atom. The Morgan fingerprint density at radius 2 is 1.07 bits per heavy atom. The fourth-order valence-corrected chi connectivity index (χ4v) is 7.98. The highest BCUT2D eigenvalue weighted by atomic mass is 33.1. The number of carboxylic acid groups (broad SMARTS) is 2. The number of carbonyl (C=O) groups excluding carboxylic acids is 4. The third kappa shape index (κ3) is 13.9. The Hall–Kier alpha value is -5.04. The van der Waals surface area contributed by atoms with Crippen LogP contribution in [0.5, 0.6) is 0 Å². The van der Waals surface area contributed by atoms with Gasteiger partial charge in [0.15, 0.2) is 0 Å². The van der Waals surface area contributed by atoms with Gasteiger partial charge in [0.2, 0.25) is 11.8 Å². The number of nitrogens with one attached hydrogen (secondary N) is 6. The quantitative estimate of drug-likeness (QED) is 0.0273. The SMILES string of the molecule is CCOC(=O)Cc1c[nH]c2ccc(CNCC(=O)NC(CCSSCCC(NC(=O)CNCc3ccc4[nH]cc(CC(=O)OCC)c4c3)C(=O)O)C(=O)O)cc12. The molecule has 0 aliphatic rings. The second kappa shape index (κ2) is 22.5. The number of benzene rings is 2. The first-order chi connectivity index (χ1) is 27.0. The Labute approximate surface area is 331 Å². The zero-order valence-corrected chi connectivity index (χ0v) is 32.9. The minimum absolute atomic E-state index is 0.104. The molecule has 2 aromatic heterocycles. The van der Waals surface area contributed by atoms with Gasteiger partial charge in [0.1, 0.15) is 12.1 Å². The number of aromatic amines is 2. The molecule has 0 fully saturated rings. The minimum Gasteiger partial charge on any atom is -0.480 e. The highest BCUT2D eigenvalue weighted by Crippen LogP contribution is 2.25. The van der Waals surface area contributed by atoms with E-state index in [0.29, 0.717) is 37.8 Å². The number of aliphatic carboxylic acids is 2. The largest absolute Gasteiger partial charge is 0.480 e. The van der Waals surface area contributed by atoms with Crippen LogP contribution in [0.1, 0.15) is 48.9 Å². The molecule has 4 rings (SSSR count). The maximum absolute atomic E-state index is 12.5. The average Bonchev–Trinajstić information content (AvgIpc) is 3.74. The van der Waals surface area contributed by atoms with Crippen molar-refractivity contribution in [3.8, 4) is 0 Å². The second-order valence-electron chi connectivity index (χ2n) is 12.7. The van der Waals surface area contributed by atoms with E-state index in [2.05, 4.69) is 31.2 Å². The van der Waals surface area contributed by atoms with Crippen molar-refractivity contribution in [2.75, 3.05) is 37.8 Å². The van der Waals surface area contributed by atoms with Crippen LogP contribution in [-0.4, -0.2) is 106 Å². The number of fused-ring (bicyclic) bond motifs is 2. The van der Waals surface area contributed by atoms with Crippen LogP contribution in [0.2, 0.25) is 0 Å². The van der Waals surface area contributed by atoms with Crippen molar-refractivity contribution in [1.82, 2.24) is 31.2 Å². The van der Waals surface area contributed by atoms with Gasteiger partial charge in [-0.2, -0.15) is 0 Å². The van der Waals surface area contributed by atoms with Crippen LogP contribution in [0.4, 0.5) is 0 Å². The third-order valence-corrected chi connectivity index (χ3v) is 11.0. The summed E-state index contributed by atoms with van der Waals surface area (Å²) in [5.74, 6) is -3.15. The summed E-state index contributed by atoms with van der Waals surface area (Å²) in [5.41, 5.74) is 5.11. The summed E-state index contributed by atoms with van der Waals surface area (Å²) in [6.45, 7) is 4.59. The molecule has 16 nitrogen and oxygen atoms in total. The molecule has 0 bridgehead atoms. The number of esters is 2. The molecule has 0 radical (unpaired) electrons. The van der Waals surface area contributed by atoms with Crippen LogP contribution in [0, 0.1) is 0 Å². The van der Waals surface area contributed by atoms with Crippen molar-refractivity contribution in [2.45, 2.75) is 64.7 Å². The van der Waals surface area contributed by atoms with Gasteiger partial charge >= 0.3 is 23.9 Å². The summed E-state index contributed by atoms with van der Waals surface area (Å²) in [7, 11) is 2.70. The highest BCUT2D eigenvalue weighted by Gasteiger charge is 2.21. The Bertz CT molecular complexity index is 1840. The minimum atomic E-state index is -1.16. The van der Waals surface area contributed by atoms with E-state index in [9.17, 15) is 39.0 Å². The van der Waals surface area contributed by atoms with Gasteiger partial charge in [-0.3, -0.25) is 19.2 Å². The molecule has 8 N–H and O–H groups in total. The van der Waals surface area contributed by atoms with E-state index in [0.717, 1.165) is 44.1 Å². The van der Waals surface area contributed by atoms with Gasteiger partial charge in [-0.15, -0.1) is 0 Å². The number of aromatic nitrogens is 2. The zero-order chi connectivity index (χ0) is 40.5. The molecule has 18 heteroatoms. The average molecular weight is 813 g/mol. The second-order valence-corrected chi connectivity index (χ2v) is 15.4. The lowest BCUT2D eigenvalue weighted by atomic mass is 10.1. The molecule has 2 heterocycles. The highest BCUT2D eigenvalue weighted by molar-refractivity contribution is 8.76. The number of hydrogen-bond donors (Lipinski definition) is 8. The molecule has 302 valence electrons. The fraction of sp³-hybridized carbons (Fsp3) is 0.421. The molecule has 0 spiro atoms. The molecular formula is C38H48N6O10S2. The Kier molecular flexibility index (Phi) is 17.6. The summed E-state index contributed by atoms with van der Waals surface area (Å²) >= 11 is 0. The first-order valence-electron chi connectivity index (χ1n) is 18.2. The number of ether oxygens (including phenoxy) is 2. The molecular weight excluding hydrogens is 765 g/mol. The number of carbonyl (C=O) groups is 6. The van der Waals surface area contributed by atoms with E-state index in [1.807, 2.05) is 36.4 Å². The van der Waals surface area contributed by atoms with Crippen LogP contribution < -0.4 is 21.3 Å². The van der Waals surface area contributed by atoms with Crippen LogP contribution in [-0.2, 0) is 64.2 Å². The van der Waals surface area contributed by atoms with Crippen LogP contribution in [0.15, 0.2) is 48.8 Å². The molecule has 0 saturated carbocycles. The van der Waals surface area contributed by atoms with Crippen molar-refractivity contribution in [2.24, 2.45) is 0 Å². The summed E-state index contributed by atoms with van der Waals surface area (Å²) in [4.78, 5) is 78.9. The predicted octanol–water partition coefficient (Wildman–Crippen LogP) is 3.04. The van der Waals surface area contributed by atoms with Crippen molar-refractivity contribution >= 4 is 79.1 Å². The summed E-state index contributed by atoms with van der Waals surface area (Å²) in [6.07, 6.45) is 4.12. The monoisotopic (exact) mass is 812 g/mol. The van der Waals surface area contributed by atoms with E-state index in [4.69, 9.17) is 9.47 Å². The van der Waals surface area contributed by atoms with Crippen molar-refractivity contribution in [1.29, 1.82) is 0 Å². The van der Waals surface area contributed by atoms with E-state index < -0.39 is 35.8 Å². The summed E-state index contributed by atoms with van der Waals surface area (Å²) < 4.78 is 10.1. The maximum atomic E-state index is 12.5. The lowest BCUT2D eigenvalue weighted by Gasteiger charge is -2.16. The van der Waals surface area contributed by atoms with Gasteiger partial charge in [0.05, 0.1) is 39.1 Å². The van der Waals surface area contributed by atoms with E-state index in [-0.39, 0.29) is 50.7 Å². The molecule has 4 aromatic rings. The van der Waals surface area contributed by atoms with E-state index in [1.54, 1.807) is 26.2 Å². The number of amides is 2. The van der Waals surface area contributed by atoms with Crippen LogP contribution in [0.25, 0.3) is 21.8 Å². The lowest BCUT2D eigenvalue weighted by molar-refractivity contribution is -0.143.